The minimum Gasteiger partial charge on any atom is -0.226 e. The van der Waals surface area contributed by atoms with Gasteiger partial charge in [0.15, 0.2) is 16.3 Å². The molecule has 0 amide bonds. The summed E-state index contributed by atoms with van der Waals surface area (Å²) in [6.07, 6.45) is 4.79. The second kappa shape index (κ2) is 11.9. The first-order valence-corrected chi connectivity index (χ1v) is 15.0. The molecular formula is C30H32O2P2+2. The molecule has 5 rings (SSSR count). The van der Waals surface area contributed by atoms with Gasteiger partial charge in [-0.1, -0.05) is 72.8 Å². The van der Waals surface area contributed by atoms with E-state index >= 15 is 0 Å². The first-order chi connectivity index (χ1) is 16.9. The van der Waals surface area contributed by atoms with Crippen molar-refractivity contribution in [3.8, 4) is 0 Å². The lowest BCUT2D eigenvalue weighted by Crippen LogP contribution is -2.28. The van der Waals surface area contributed by atoms with Gasteiger partial charge >= 0.3 is 0 Å². The van der Waals surface area contributed by atoms with Crippen LogP contribution in [0.25, 0.3) is 0 Å². The predicted octanol–water partition coefficient (Wildman–Crippen LogP) is 5.89. The van der Waals surface area contributed by atoms with E-state index in [9.17, 15) is 0 Å². The van der Waals surface area contributed by atoms with E-state index in [1.165, 1.54) is 21.2 Å². The van der Waals surface area contributed by atoms with E-state index < -0.39 is 16.3 Å². The average Bonchev–Trinajstić information content (AvgIpc) is 2.93. The molecule has 4 aromatic rings. The predicted molar refractivity (Wildman–Crippen MR) is 149 cm³/mol. The van der Waals surface area contributed by atoms with Crippen LogP contribution in [0.4, 0.5) is 0 Å². The van der Waals surface area contributed by atoms with Gasteiger partial charge < -0.3 is 0 Å². The van der Waals surface area contributed by atoms with Gasteiger partial charge in [0, 0.05) is 0 Å². The van der Waals surface area contributed by atoms with Crippen LogP contribution in [0.2, 0.25) is 0 Å². The molecule has 34 heavy (non-hydrogen) atoms. The average molecular weight is 487 g/mol. The van der Waals surface area contributed by atoms with Crippen molar-refractivity contribution >= 4 is 37.5 Å². The minimum atomic E-state index is -1.26. The molecule has 0 atom stereocenters. The molecule has 1 aliphatic carbocycles. The fraction of sp³-hybridized carbons (Fsp3) is 0.200. The summed E-state index contributed by atoms with van der Waals surface area (Å²) in [7, 11) is -2.52. The lowest BCUT2D eigenvalue weighted by molar-refractivity contribution is 0.0990. The van der Waals surface area contributed by atoms with Gasteiger partial charge in [0.1, 0.15) is 33.4 Å². The first-order valence-electron chi connectivity index (χ1n) is 12.2. The van der Waals surface area contributed by atoms with Gasteiger partial charge in [-0.3, -0.25) is 0 Å². The van der Waals surface area contributed by atoms with Crippen LogP contribution in [0.1, 0.15) is 25.7 Å². The largest absolute Gasteiger partial charge is 0.226 e. The Morgan fingerprint density at radius 1 is 0.382 bits per heavy atom. The minimum absolute atomic E-state index is 0.290. The van der Waals surface area contributed by atoms with Crippen LogP contribution in [-0.2, 0) is 9.05 Å². The molecule has 0 heterocycles. The second-order valence-corrected chi connectivity index (χ2v) is 12.9. The van der Waals surface area contributed by atoms with E-state index in [0.717, 1.165) is 25.7 Å². The number of hydrogen-bond acceptors (Lipinski definition) is 2. The van der Waals surface area contributed by atoms with Crippen molar-refractivity contribution in [3.63, 3.8) is 0 Å². The maximum Gasteiger partial charge on any atom is 0.198 e. The number of benzene rings is 4. The molecule has 0 saturated heterocycles. The van der Waals surface area contributed by atoms with E-state index in [1.807, 2.05) is 0 Å². The third-order valence-corrected chi connectivity index (χ3v) is 10.9. The van der Waals surface area contributed by atoms with Gasteiger partial charge in [0.25, 0.3) is 0 Å². The van der Waals surface area contributed by atoms with E-state index in [0.29, 0.717) is 12.2 Å². The van der Waals surface area contributed by atoms with Crippen molar-refractivity contribution in [1.82, 2.24) is 0 Å². The molecule has 0 radical (unpaired) electrons. The van der Waals surface area contributed by atoms with E-state index in [4.69, 9.17) is 9.05 Å². The highest BCUT2D eigenvalue weighted by Gasteiger charge is 2.35. The monoisotopic (exact) mass is 486 g/mol. The molecule has 0 aromatic heterocycles. The summed E-state index contributed by atoms with van der Waals surface area (Å²) in [6, 6.07) is 43.0. The van der Waals surface area contributed by atoms with Gasteiger partial charge in [-0.2, -0.15) is 0 Å². The Balaban J connectivity index is 1.25. The van der Waals surface area contributed by atoms with Crippen LogP contribution in [-0.4, -0.2) is 12.2 Å². The highest BCUT2D eigenvalue weighted by molar-refractivity contribution is 7.68. The maximum atomic E-state index is 6.84. The van der Waals surface area contributed by atoms with Crippen molar-refractivity contribution in [2.24, 2.45) is 0 Å². The van der Waals surface area contributed by atoms with Crippen molar-refractivity contribution in [3.05, 3.63) is 121 Å². The fourth-order valence-electron chi connectivity index (χ4n) is 4.56. The summed E-state index contributed by atoms with van der Waals surface area (Å²) < 4.78 is 13.7. The summed E-state index contributed by atoms with van der Waals surface area (Å²) in [5.41, 5.74) is 0. The summed E-state index contributed by atoms with van der Waals surface area (Å²) in [5.74, 6) is 0. The molecule has 2 nitrogen and oxygen atoms in total. The summed E-state index contributed by atoms with van der Waals surface area (Å²) >= 11 is 0. The van der Waals surface area contributed by atoms with Crippen molar-refractivity contribution in [1.29, 1.82) is 0 Å². The van der Waals surface area contributed by atoms with Crippen LogP contribution in [0, 0.1) is 0 Å². The molecule has 0 aliphatic heterocycles. The van der Waals surface area contributed by atoms with Crippen molar-refractivity contribution in [2.75, 3.05) is 0 Å². The Hall–Kier alpha value is -2.34. The van der Waals surface area contributed by atoms with Crippen LogP contribution in [0.5, 0.6) is 0 Å². The Bertz CT molecular complexity index is 944. The Labute approximate surface area is 205 Å². The molecule has 172 valence electrons. The van der Waals surface area contributed by atoms with Crippen LogP contribution in [0.15, 0.2) is 121 Å². The van der Waals surface area contributed by atoms with Gasteiger partial charge in [-0.25, -0.2) is 9.05 Å². The Kier molecular flexibility index (Phi) is 8.17. The standard InChI is InChI=1S/C30H30O2P2/c1-5-13-27(14-6-1)33(28-15-7-2-8-16-28)31-25-21-23-26(24-22-25)32-34(29-17-9-3-10-18-29)30-19-11-4-12-20-30/h1-20,25-26H,21-24H2/p+2. The van der Waals surface area contributed by atoms with Crippen LogP contribution in [0.3, 0.4) is 0 Å². The zero-order chi connectivity index (χ0) is 23.0. The van der Waals surface area contributed by atoms with Gasteiger partial charge in [0.05, 0.1) is 0 Å². The lowest BCUT2D eigenvalue weighted by Gasteiger charge is -2.28. The Morgan fingerprint density at radius 3 is 0.853 bits per heavy atom. The molecule has 1 fully saturated rings. The Morgan fingerprint density at radius 2 is 0.618 bits per heavy atom. The SMILES string of the molecule is c1ccc([PH+](OC2CCC(O[PH+](c3ccccc3)c3ccccc3)CC2)c2ccccc2)cc1. The third-order valence-electron chi connectivity index (χ3n) is 6.33. The van der Waals surface area contributed by atoms with E-state index in [2.05, 4.69) is 121 Å². The zero-order valence-electron chi connectivity index (χ0n) is 19.3. The van der Waals surface area contributed by atoms with Crippen molar-refractivity contribution in [2.45, 2.75) is 37.9 Å². The van der Waals surface area contributed by atoms with E-state index in [1.54, 1.807) is 0 Å². The molecule has 0 unspecified atom stereocenters. The summed E-state index contributed by atoms with van der Waals surface area (Å²) in [5, 5.41) is 5.26. The molecule has 0 N–H and O–H groups in total. The fourth-order valence-corrected chi connectivity index (χ4v) is 8.89. The van der Waals surface area contributed by atoms with Crippen LogP contribution < -0.4 is 21.2 Å². The second-order valence-electron chi connectivity index (χ2n) is 8.76. The molecule has 1 saturated carbocycles. The summed E-state index contributed by atoms with van der Waals surface area (Å²) in [4.78, 5) is 0. The normalized spacial score (nSPS) is 18.3. The molecule has 4 heteroatoms. The third kappa shape index (κ3) is 6.01. The highest BCUT2D eigenvalue weighted by atomic mass is 31.1. The molecule has 0 spiro atoms. The molecular weight excluding hydrogens is 454 g/mol. The summed E-state index contributed by atoms with van der Waals surface area (Å²) in [6.45, 7) is 0. The zero-order valence-corrected chi connectivity index (χ0v) is 21.3. The molecule has 0 bridgehead atoms. The smallest absolute Gasteiger partial charge is 0.198 e. The van der Waals surface area contributed by atoms with Gasteiger partial charge in [-0.15, -0.1) is 0 Å². The maximum absolute atomic E-state index is 6.84. The molecule has 4 aromatic carbocycles. The van der Waals surface area contributed by atoms with Gasteiger partial charge in [-0.05, 0) is 74.2 Å². The lowest BCUT2D eigenvalue weighted by atomic mass is 9.95. The van der Waals surface area contributed by atoms with Gasteiger partial charge in [0.2, 0.25) is 0 Å². The highest BCUT2D eigenvalue weighted by Crippen LogP contribution is 2.43. The molecule has 1 aliphatic rings. The number of rotatable bonds is 8. The van der Waals surface area contributed by atoms with E-state index in [-0.39, 0.29) is 0 Å². The number of hydrogen-bond donors (Lipinski definition) is 0. The van der Waals surface area contributed by atoms with Crippen molar-refractivity contribution < 1.29 is 9.05 Å². The quantitative estimate of drug-likeness (QED) is 0.289. The topological polar surface area (TPSA) is 18.5 Å². The van der Waals surface area contributed by atoms with Crippen LogP contribution >= 0.6 is 16.3 Å². The first kappa shape index (κ1) is 23.4.